The normalized spacial score (nSPS) is 18.0. The Hall–Kier alpha value is -3.08. The Bertz CT molecular complexity index is 963. The van der Waals surface area contributed by atoms with Crippen LogP contribution in [-0.2, 0) is 4.84 Å². The highest BCUT2D eigenvalue weighted by Crippen LogP contribution is 2.37. The largest absolute Gasteiger partial charge is 0.456 e. The average molecular weight is 362 g/mol. The van der Waals surface area contributed by atoms with Crippen LogP contribution in [0.2, 0.25) is 0 Å². The minimum Gasteiger partial charge on any atom is -0.456 e. The van der Waals surface area contributed by atoms with Gasteiger partial charge in [-0.1, -0.05) is 30.0 Å². The Morgan fingerprint density at radius 3 is 2.81 bits per heavy atom. The molecule has 0 radical (unpaired) electrons. The molecule has 128 valence electrons. The molecule has 2 aromatic carbocycles. The summed E-state index contributed by atoms with van der Waals surface area (Å²) in [5.41, 5.74) is 2.13. The number of hydrogen-bond donors (Lipinski definition) is 0. The second-order valence-electron chi connectivity index (χ2n) is 5.49. The zero-order valence-electron chi connectivity index (χ0n) is 13.9. The molecular weight excluding hydrogens is 348 g/mol. The lowest BCUT2D eigenvalue weighted by molar-refractivity contribution is -0.0617. The number of nitrogens with zero attached hydrogens (tertiary/aromatic N) is 4. The van der Waals surface area contributed by atoms with Gasteiger partial charge in [0.25, 0.3) is 0 Å². The summed E-state index contributed by atoms with van der Waals surface area (Å²) >= 11 is 1.55. The molecule has 0 saturated carbocycles. The van der Waals surface area contributed by atoms with Crippen LogP contribution in [0.15, 0.2) is 70.4 Å². The lowest BCUT2D eigenvalue weighted by atomic mass is 10.1. The number of para-hydroxylation sites is 1. The van der Waals surface area contributed by atoms with Crippen LogP contribution in [0.25, 0.3) is 0 Å². The van der Waals surface area contributed by atoms with E-state index in [4.69, 9.17) is 9.57 Å². The predicted octanol–water partition coefficient (Wildman–Crippen LogP) is 3.92. The third-order valence-corrected chi connectivity index (χ3v) is 5.08. The van der Waals surface area contributed by atoms with Gasteiger partial charge in [-0.15, -0.1) is 0 Å². The summed E-state index contributed by atoms with van der Waals surface area (Å²) in [5, 5.41) is 11.9. The second-order valence-corrected chi connectivity index (χ2v) is 6.55. The van der Waals surface area contributed by atoms with Gasteiger partial charge in [0.2, 0.25) is 0 Å². The molecule has 26 heavy (non-hydrogen) atoms. The maximum Gasteiger partial charge on any atom is 0.152 e. The highest BCUT2D eigenvalue weighted by molar-refractivity contribution is 8.15. The molecule has 0 aliphatic carbocycles. The van der Waals surface area contributed by atoms with Crippen molar-refractivity contribution in [2.75, 3.05) is 7.11 Å². The summed E-state index contributed by atoms with van der Waals surface area (Å²) in [6.07, 6.45) is 3.34. The molecule has 0 N–H and O–H groups in total. The van der Waals surface area contributed by atoms with E-state index in [1.807, 2.05) is 36.4 Å². The molecule has 1 atom stereocenters. The smallest absolute Gasteiger partial charge is 0.152 e. The van der Waals surface area contributed by atoms with E-state index < -0.39 is 0 Å². The topological polar surface area (TPSA) is 70.2 Å². The number of hydrogen-bond acceptors (Lipinski definition) is 7. The Morgan fingerprint density at radius 1 is 1.19 bits per heavy atom. The first-order chi connectivity index (χ1) is 12.8. The minimum absolute atomic E-state index is 0.0710. The summed E-state index contributed by atoms with van der Waals surface area (Å²) in [6, 6.07) is 17.1. The molecule has 0 bridgehead atoms. The van der Waals surface area contributed by atoms with Crippen LogP contribution in [0, 0.1) is 11.3 Å². The molecule has 2 aromatic rings. The van der Waals surface area contributed by atoms with Gasteiger partial charge >= 0.3 is 0 Å². The fourth-order valence-corrected chi connectivity index (χ4v) is 3.72. The van der Waals surface area contributed by atoms with Crippen molar-refractivity contribution in [1.29, 1.82) is 5.26 Å². The van der Waals surface area contributed by atoms with Crippen molar-refractivity contribution in [1.82, 2.24) is 5.06 Å². The van der Waals surface area contributed by atoms with Crippen molar-refractivity contribution in [2.45, 2.75) is 5.37 Å². The van der Waals surface area contributed by atoms with Crippen molar-refractivity contribution in [3.8, 4) is 17.6 Å². The van der Waals surface area contributed by atoms with Crippen LogP contribution in [0.3, 0.4) is 0 Å². The standard InChI is InChI=1S/C19H14N4O2S/c1-24-23-12-21-11-16-19(23)26-18(22-16)13-7-8-17(14(9-13)10-20)25-15-5-3-2-4-6-15/h2-9,11-12,19H,1H3. The van der Waals surface area contributed by atoms with Gasteiger partial charge in [0, 0.05) is 5.56 Å². The Labute approximate surface area is 155 Å². The summed E-state index contributed by atoms with van der Waals surface area (Å²) in [4.78, 5) is 14.0. The maximum atomic E-state index is 9.51. The summed E-state index contributed by atoms with van der Waals surface area (Å²) in [5.74, 6) is 1.21. The number of benzene rings is 2. The molecule has 0 saturated heterocycles. The number of rotatable bonds is 4. The zero-order chi connectivity index (χ0) is 17.9. The first-order valence-corrected chi connectivity index (χ1v) is 8.75. The molecule has 4 rings (SSSR count). The predicted molar refractivity (Wildman–Crippen MR) is 101 cm³/mol. The molecule has 2 heterocycles. The highest BCUT2D eigenvalue weighted by Gasteiger charge is 2.32. The lowest BCUT2D eigenvalue weighted by Gasteiger charge is -2.24. The van der Waals surface area contributed by atoms with Gasteiger partial charge in [-0.05, 0) is 30.3 Å². The number of hydroxylamine groups is 2. The van der Waals surface area contributed by atoms with Crippen LogP contribution in [-0.4, -0.2) is 28.9 Å². The first-order valence-electron chi connectivity index (χ1n) is 7.87. The quantitative estimate of drug-likeness (QED) is 0.824. The van der Waals surface area contributed by atoms with E-state index in [-0.39, 0.29) is 5.37 Å². The van der Waals surface area contributed by atoms with Crippen molar-refractivity contribution >= 4 is 23.1 Å². The number of ether oxygens (including phenoxy) is 1. The van der Waals surface area contributed by atoms with E-state index in [1.54, 1.807) is 48.6 Å². The third kappa shape index (κ3) is 3.08. The molecule has 2 aliphatic heterocycles. The minimum atomic E-state index is -0.0710. The molecule has 0 spiro atoms. The molecular formula is C19H14N4O2S. The van der Waals surface area contributed by atoms with Crippen molar-refractivity contribution in [3.63, 3.8) is 0 Å². The van der Waals surface area contributed by atoms with Crippen LogP contribution >= 0.6 is 11.8 Å². The Morgan fingerprint density at radius 2 is 2.04 bits per heavy atom. The molecule has 0 amide bonds. The van der Waals surface area contributed by atoms with Crippen LogP contribution < -0.4 is 4.74 Å². The van der Waals surface area contributed by atoms with Crippen LogP contribution in [0.4, 0.5) is 0 Å². The first kappa shape index (κ1) is 16.4. The van der Waals surface area contributed by atoms with Gasteiger partial charge < -0.3 is 4.74 Å². The summed E-state index contributed by atoms with van der Waals surface area (Å²) in [7, 11) is 1.59. The molecule has 7 heteroatoms. The monoisotopic (exact) mass is 362 g/mol. The highest BCUT2D eigenvalue weighted by atomic mass is 32.2. The molecule has 0 aromatic heterocycles. The Balaban J connectivity index is 1.61. The molecule has 2 aliphatic rings. The fourth-order valence-electron chi connectivity index (χ4n) is 2.61. The molecule has 1 unspecified atom stereocenters. The van der Waals surface area contributed by atoms with Gasteiger partial charge in [-0.3, -0.25) is 4.84 Å². The van der Waals surface area contributed by atoms with E-state index >= 15 is 0 Å². The molecule has 6 nitrogen and oxygen atoms in total. The zero-order valence-corrected chi connectivity index (χ0v) is 14.7. The van der Waals surface area contributed by atoms with Crippen LogP contribution in [0.5, 0.6) is 11.5 Å². The van der Waals surface area contributed by atoms with Crippen LogP contribution in [0.1, 0.15) is 11.1 Å². The van der Waals surface area contributed by atoms with Gasteiger partial charge in [-0.2, -0.15) is 5.26 Å². The summed E-state index contributed by atoms with van der Waals surface area (Å²) < 4.78 is 5.82. The maximum absolute atomic E-state index is 9.51. The van der Waals surface area contributed by atoms with E-state index in [0.717, 1.165) is 16.3 Å². The van der Waals surface area contributed by atoms with Gasteiger partial charge in [0.05, 0.1) is 24.6 Å². The van der Waals surface area contributed by atoms with Crippen molar-refractivity contribution < 1.29 is 9.57 Å². The van der Waals surface area contributed by atoms with E-state index in [1.165, 1.54) is 0 Å². The second kappa shape index (κ2) is 7.04. The number of nitriles is 1. The lowest BCUT2D eigenvalue weighted by Crippen LogP contribution is -2.32. The van der Waals surface area contributed by atoms with Gasteiger partial charge in [0.1, 0.15) is 29.0 Å². The SMILES string of the molecule is CON1C=NC=C2N=C(c3ccc(Oc4ccccc4)c(C#N)c3)SC21. The average Bonchev–Trinajstić information content (AvgIpc) is 3.13. The number of aliphatic imine (C=N–C) groups is 2. The van der Waals surface area contributed by atoms with Gasteiger partial charge in [0.15, 0.2) is 5.37 Å². The Kier molecular flexibility index (Phi) is 4.44. The van der Waals surface area contributed by atoms with Gasteiger partial charge in [-0.25, -0.2) is 15.0 Å². The van der Waals surface area contributed by atoms with E-state index in [2.05, 4.69) is 16.1 Å². The van der Waals surface area contributed by atoms with Crippen molar-refractivity contribution in [2.24, 2.45) is 9.98 Å². The number of thioether (sulfide) groups is 1. The van der Waals surface area contributed by atoms with Crippen molar-refractivity contribution in [3.05, 3.63) is 71.6 Å². The van der Waals surface area contributed by atoms with E-state index in [9.17, 15) is 5.26 Å². The third-order valence-electron chi connectivity index (χ3n) is 3.85. The summed E-state index contributed by atoms with van der Waals surface area (Å²) in [6.45, 7) is 0. The number of fused-ring (bicyclic) bond motifs is 1. The molecule has 0 fully saturated rings. The fraction of sp³-hybridized carbons (Fsp3) is 0.105. The van der Waals surface area contributed by atoms with E-state index in [0.29, 0.717) is 17.1 Å².